The van der Waals surface area contributed by atoms with Crippen LogP contribution >= 0.6 is 0 Å². The first-order valence-electron chi connectivity index (χ1n) is 17.1. The van der Waals surface area contributed by atoms with Crippen molar-refractivity contribution in [2.75, 3.05) is 0 Å². The van der Waals surface area contributed by atoms with Crippen molar-refractivity contribution in [2.45, 2.75) is 39.5 Å². The molecule has 2 aromatic heterocycles. The van der Waals surface area contributed by atoms with E-state index < -0.39 is 0 Å². The number of para-hydroxylation sites is 3. The van der Waals surface area contributed by atoms with Gasteiger partial charge in [-0.05, 0) is 86.6 Å². The van der Waals surface area contributed by atoms with Crippen LogP contribution in [0.2, 0.25) is 0 Å². The van der Waals surface area contributed by atoms with E-state index in [9.17, 15) is 0 Å². The summed E-state index contributed by atoms with van der Waals surface area (Å²) in [7, 11) is 0. The third-order valence-corrected chi connectivity index (χ3v) is 9.98. The molecule has 7 aromatic carbocycles. The van der Waals surface area contributed by atoms with Crippen molar-refractivity contribution in [1.29, 1.82) is 0 Å². The molecule has 0 aliphatic heterocycles. The third-order valence-electron chi connectivity index (χ3n) is 9.98. The minimum atomic E-state index is -0.333. The monoisotopic (exact) mass is 638 g/mol. The molecule has 0 aliphatic rings. The van der Waals surface area contributed by atoms with Gasteiger partial charge < -0.3 is 4.42 Å². The molecule has 0 radical (unpaired) electrons. The molecule has 0 unspecified atom stereocenters. The summed E-state index contributed by atoms with van der Waals surface area (Å²) < 4.78 is 25.6. The van der Waals surface area contributed by atoms with E-state index in [0.29, 0.717) is 11.0 Å². The lowest BCUT2D eigenvalue weighted by Gasteiger charge is -2.24. The quantitative estimate of drug-likeness (QED) is 0.176. The second kappa shape index (κ2) is 11.2. The third kappa shape index (κ3) is 4.51. The highest BCUT2D eigenvalue weighted by atomic mass is 19.1. The molecule has 2 heterocycles. The highest BCUT2D eigenvalue weighted by molar-refractivity contribution is 6.18. The van der Waals surface area contributed by atoms with Gasteiger partial charge in [-0.25, -0.2) is 9.37 Å². The molecule has 4 heteroatoms. The Kier molecular flexibility index (Phi) is 6.70. The van der Waals surface area contributed by atoms with Crippen LogP contribution in [0.15, 0.2) is 132 Å². The number of imidazole rings is 1. The number of halogens is 1. The predicted octanol–water partition coefficient (Wildman–Crippen LogP) is 13.0. The summed E-state index contributed by atoms with van der Waals surface area (Å²) in [5, 5.41) is 4.94. The smallest absolute Gasteiger partial charge is 0.174 e. The molecule has 9 aromatic rings. The van der Waals surface area contributed by atoms with Crippen molar-refractivity contribution in [3.63, 3.8) is 0 Å². The van der Waals surface area contributed by atoms with E-state index in [1.54, 1.807) is 0 Å². The topological polar surface area (TPSA) is 31.0 Å². The second-order valence-electron chi connectivity index (χ2n) is 13.7. The molecule has 0 aliphatic carbocycles. The van der Waals surface area contributed by atoms with E-state index in [1.165, 1.54) is 22.3 Å². The van der Waals surface area contributed by atoms with E-state index in [0.717, 1.165) is 55.0 Å². The molecule has 3 nitrogen and oxygen atoms in total. The molecule has 0 atom stereocenters. The number of furan rings is 1. The van der Waals surface area contributed by atoms with Gasteiger partial charge in [0.2, 0.25) is 0 Å². The lowest BCUT2D eigenvalue weighted by atomic mass is 9.88. The summed E-state index contributed by atoms with van der Waals surface area (Å²) in [6, 6.07) is 43.7. The fraction of sp³-hybridized carbons (Fsp3) is 0.133. The lowest BCUT2D eigenvalue weighted by molar-refractivity contribution is 0.593. The molecule has 0 amide bonds. The van der Waals surface area contributed by atoms with Crippen molar-refractivity contribution >= 4 is 54.5 Å². The lowest BCUT2D eigenvalue weighted by Crippen LogP contribution is -2.09. The number of hydrogen-bond acceptors (Lipinski definition) is 2. The summed E-state index contributed by atoms with van der Waals surface area (Å²) in [6.07, 6.45) is 0. The van der Waals surface area contributed by atoms with Gasteiger partial charge in [0.05, 0.1) is 22.3 Å². The Morgan fingerprint density at radius 1 is 0.592 bits per heavy atom. The second-order valence-corrected chi connectivity index (χ2v) is 13.7. The molecular formula is C45H35FN2O. The molecule has 238 valence electrons. The Bertz CT molecular complexity index is 2700. The van der Waals surface area contributed by atoms with Gasteiger partial charge in [-0.3, -0.25) is 4.57 Å². The van der Waals surface area contributed by atoms with Crippen molar-refractivity contribution in [3.05, 3.63) is 144 Å². The van der Waals surface area contributed by atoms with Gasteiger partial charge in [-0.1, -0.05) is 119 Å². The van der Waals surface area contributed by atoms with Crippen molar-refractivity contribution in [3.8, 4) is 28.2 Å². The molecule has 9 rings (SSSR count). The maximum atomic E-state index is 16.6. The molecule has 0 N–H and O–H groups in total. The van der Waals surface area contributed by atoms with Crippen LogP contribution in [0.1, 0.15) is 50.7 Å². The van der Waals surface area contributed by atoms with Crippen LogP contribution in [0, 0.1) is 5.82 Å². The van der Waals surface area contributed by atoms with Crippen LogP contribution in [0.3, 0.4) is 0 Å². The minimum absolute atomic E-state index is 0.239. The highest BCUT2D eigenvalue weighted by Crippen LogP contribution is 2.44. The summed E-state index contributed by atoms with van der Waals surface area (Å²) in [6.45, 7) is 9.03. The van der Waals surface area contributed by atoms with E-state index >= 15 is 4.39 Å². The maximum absolute atomic E-state index is 16.6. The van der Waals surface area contributed by atoms with Gasteiger partial charge in [-0.15, -0.1) is 0 Å². The van der Waals surface area contributed by atoms with Gasteiger partial charge in [0, 0.05) is 16.2 Å². The number of rotatable bonds is 5. The Labute approximate surface area is 284 Å². The Hall–Kier alpha value is -5.74. The molecule has 0 fully saturated rings. The molecule has 0 bridgehead atoms. The fourth-order valence-electron chi connectivity index (χ4n) is 7.59. The van der Waals surface area contributed by atoms with Gasteiger partial charge in [0.25, 0.3) is 0 Å². The zero-order valence-electron chi connectivity index (χ0n) is 28.0. The molecule has 0 saturated carbocycles. The van der Waals surface area contributed by atoms with E-state index in [2.05, 4.69) is 111 Å². The van der Waals surface area contributed by atoms with E-state index in [-0.39, 0.29) is 23.2 Å². The Morgan fingerprint density at radius 3 is 2.04 bits per heavy atom. The SMILES string of the molecule is CC(C)c1cc(-c2ccccc2)cc(C(C)C)c1-n1c(-c2cccc3c2oc2c(F)c4c(ccc5ccccc54)cc23)nc2ccccc21. The molecule has 0 saturated heterocycles. The average molecular weight is 639 g/mol. The van der Waals surface area contributed by atoms with Crippen molar-refractivity contribution in [1.82, 2.24) is 9.55 Å². The fourth-order valence-corrected chi connectivity index (χ4v) is 7.59. The van der Waals surface area contributed by atoms with Crippen molar-refractivity contribution in [2.24, 2.45) is 0 Å². The predicted molar refractivity (Wildman–Crippen MR) is 202 cm³/mol. The van der Waals surface area contributed by atoms with E-state index in [4.69, 9.17) is 9.40 Å². The summed E-state index contributed by atoms with van der Waals surface area (Å²) in [4.78, 5) is 5.29. The molecule has 49 heavy (non-hydrogen) atoms. The van der Waals surface area contributed by atoms with Crippen LogP contribution in [0.4, 0.5) is 4.39 Å². The van der Waals surface area contributed by atoms with E-state index in [1.807, 2.05) is 48.5 Å². The molecular weight excluding hydrogens is 604 g/mol. The number of benzene rings is 7. The normalized spacial score (nSPS) is 12.1. The zero-order valence-corrected chi connectivity index (χ0v) is 28.0. The first kappa shape index (κ1) is 29.4. The summed E-state index contributed by atoms with van der Waals surface area (Å²) in [5.74, 6) is 0.921. The summed E-state index contributed by atoms with van der Waals surface area (Å²) >= 11 is 0. The van der Waals surface area contributed by atoms with Crippen molar-refractivity contribution < 1.29 is 8.81 Å². The zero-order chi connectivity index (χ0) is 33.4. The first-order valence-corrected chi connectivity index (χ1v) is 17.1. The summed E-state index contributed by atoms with van der Waals surface area (Å²) in [5.41, 5.74) is 9.68. The van der Waals surface area contributed by atoms with Gasteiger partial charge >= 0.3 is 0 Å². The molecule has 0 spiro atoms. The van der Waals surface area contributed by atoms with Crippen LogP contribution in [0.25, 0.3) is 82.7 Å². The maximum Gasteiger partial charge on any atom is 0.174 e. The number of hydrogen-bond donors (Lipinski definition) is 0. The van der Waals surface area contributed by atoms with Crippen LogP contribution < -0.4 is 0 Å². The van der Waals surface area contributed by atoms with Gasteiger partial charge in [0.1, 0.15) is 11.4 Å². The number of nitrogens with zero attached hydrogens (tertiary/aromatic N) is 2. The Morgan fingerprint density at radius 2 is 1.27 bits per heavy atom. The van der Waals surface area contributed by atoms with Crippen LogP contribution in [-0.2, 0) is 0 Å². The minimum Gasteiger partial charge on any atom is -0.452 e. The standard InChI is InChI=1S/C45H35FN2O/c1-26(2)35-24-31(28-13-6-5-7-14-28)25-36(27(3)4)42(35)48-39-20-11-10-19-38(39)47-45(48)34-18-12-17-33-37-23-30-22-21-29-15-8-9-16-32(29)40(30)41(46)44(37)49-43(33)34/h5-27H,1-4H3. The Balaban J connectivity index is 1.37. The van der Waals surface area contributed by atoms with Crippen LogP contribution in [-0.4, -0.2) is 9.55 Å². The highest BCUT2D eigenvalue weighted by Gasteiger charge is 2.26. The number of aromatic nitrogens is 2. The first-order chi connectivity index (χ1) is 23.9. The number of fused-ring (bicyclic) bond motifs is 7. The van der Waals surface area contributed by atoms with Gasteiger partial charge in [0.15, 0.2) is 11.4 Å². The largest absolute Gasteiger partial charge is 0.452 e. The van der Waals surface area contributed by atoms with Crippen LogP contribution in [0.5, 0.6) is 0 Å². The average Bonchev–Trinajstić information content (AvgIpc) is 3.70. The van der Waals surface area contributed by atoms with Gasteiger partial charge in [-0.2, -0.15) is 0 Å².